The van der Waals surface area contributed by atoms with Gasteiger partial charge in [-0.05, 0) is 60.7 Å². The minimum atomic E-state index is -4.76. The molecule has 0 atom stereocenters. The van der Waals surface area contributed by atoms with Crippen molar-refractivity contribution in [3.8, 4) is 23.0 Å². The van der Waals surface area contributed by atoms with E-state index in [1.165, 1.54) is 12.1 Å². The number of ether oxygens (including phenoxy) is 3. The molecule has 5 nitrogen and oxygen atoms in total. The first-order valence-corrected chi connectivity index (χ1v) is 8.49. The number of carbonyl (C=O) groups excluding carboxylic acids is 1. The maximum Gasteiger partial charge on any atom is 0.573 e. The Kier molecular flexibility index (Phi) is 6.23. The Labute approximate surface area is 164 Å². The van der Waals surface area contributed by atoms with E-state index in [9.17, 15) is 18.0 Å². The van der Waals surface area contributed by atoms with E-state index in [1.807, 2.05) is 30.3 Å². The molecule has 0 saturated carbocycles. The van der Waals surface area contributed by atoms with Gasteiger partial charge in [-0.15, -0.1) is 13.2 Å². The maximum atomic E-state index is 12.1. The minimum absolute atomic E-state index is 0.264. The van der Waals surface area contributed by atoms with Gasteiger partial charge in [0.2, 0.25) is 0 Å². The molecule has 0 aromatic heterocycles. The van der Waals surface area contributed by atoms with E-state index in [0.29, 0.717) is 22.9 Å². The number of alkyl halides is 3. The highest BCUT2D eigenvalue weighted by Gasteiger charge is 2.30. The maximum absolute atomic E-state index is 12.1. The number of halogens is 3. The summed E-state index contributed by atoms with van der Waals surface area (Å²) >= 11 is 0. The van der Waals surface area contributed by atoms with E-state index < -0.39 is 12.3 Å². The molecule has 1 amide bonds. The average Bonchev–Trinajstić information content (AvgIpc) is 2.69. The average molecular weight is 403 g/mol. The smallest absolute Gasteiger partial charge is 0.484 e. The molecule has 0 aliphatic heterocycles. The predicted octanol–water partition coefficient (Wildman–Crippen LogP) is 5.40. The first kappa shape index (κ1) is 20.1. The van der Waals surface area contributed by atoms with Gasteiger partial charge in [-0.2, -0.15) is 0 Å². The van der Waals surface area contributed by atoms with Crippen LogP contribution in [0.25, 0.3) is 0 Å². The van der Waals surface area contributed by atoms with Gasteiger partial charge < -0.3 is 19.5 Å². The number of para-hydroxylation sites is 1. The molecule has 0 spiro atoms. The lowest BCUT2D eigenvalue weighted by atomic mass is 10.3. The topological polar surface area (TPSA) is 56.8 Å². The second-order valence-corrected chi connectivity index (χ2v) is 5.80. The second-order valence-electron chi connectivity index (χ2n) is 5.80. The molecule has 3 rings (SSSR count). The molecule has 3 aromatic carbocycles. The summed E-state index contributed by atoms with van der Waals surface area (Å²) in [6, 6.07) is 20.8. The zero-order valence-electron chi connectivity index (χ0n) is 15.0. The monoisotopic (exact) mass is 403 g/mol. The first-order valence-electron chi connectivity index (χ1n) is 8.49. The third-order valence-electron chi connectivity index (χ3n) is 3.54. The summed E-state index contributed by atoms with van der Waals surface area (Å²) in [4.78, 5) is 11.9. The highest BCUT2D eigenvalue weighted by Crippen LogP contribution is 2.25. The summed E-state index contributed by atoms with van der Waals surface area (Å²) in [6.07, 6.45) is -4.76. The van der Waals surface area contributed by atoms with Crippen molar-refractivity contribution < 1.29 is 32.2 Å². The van der Waals surface area contributed by atoms with Crippen LogP contribution >= 0.6 is 0 Å². The third kappa shape index (κ3) is 6.76. The highest BCUT2D eigenvalue weighted by molar-refractivity contribution is 5.91. The molecule has 0 heterocycles. The summed E-state index contributed by atoms with van der Waals surface area (Å²) in [5.74, 6) is 0.958. The van der Waals surface area contributed by atoms with Crippen molar-refractivity contribution in [3.63, 3.8) is 0 Å². The number of hydrogen-bond donors (Lipinski definition) is 1. The molecular weight excluding hydrogens is 387 g/mol. The molecule has 0 bridgehead atoms. The molecule has 0 radical (unpaired) electrons. The van der Waals surface area contributed by atoms with Crippen LogP contribution in [0.15, 0.2) is 78.9 Å². The lowest BCUT2D eigenvalue weighted by Crippen LogP contribution is -2.20. The van der Waals surface area contributed by atoms with Gasteiger partial charge in [-0.1, -0.05) is 18.2 Å². The molecule has 8 heteroatoms. The standard InChI is InChI=1S/C21H16F3NO4/c22-21(23,24)29-19-8-6-15(7-9-19)25-20(26)14-27-16-10-12-18(13-11-16)28-17-4-2-1-3-5-17/h1-13H,14H2,(H,25,26). The van der Waals surface area contributed by atoms with Crippen LogP contribution in [-0.4, -0.2) is 18.9 Å². The number of rotatable bonds is 7. The normalized spacial score (nSPS) is 10.9. The second kappa shape index (κ2) is 9.01. The summed E-state index contributed by atoms with van der Waals surface area (Å²) < 4.78 is 51.2. The van der Waals surface area contributed by atoms with Crippen molar-refractivity contribution >= 4 is 11.6 Å². The number of benzene rings is 3. The Morgan fingerprint density at radius 1 is 0.759 bits per heavy atom. The van der Waals surface area contributed by atoms with Crippen LogP contribution < -0.4 is 19.5 Å². The molecule has 3 aromatic rings. The number of carbonyl (C=O) groups is 1. The van der Waals surface area contributed by atoms with Gasteiger partial charge >= 0.3 is 6.36 Å². The van der Waals surface area contributed by atoms with Crippen LogP contribution in [0.4, 0.5) is 18.9 Å². The summed E-state index contributed by atoms with van der Waals surface area (Å²) in [6.45, 7) is -0.264. The summed E-state index contributed by atoms with van der Waals surface area (Å²) in [7, 11) is 0. The van der Waals surface area contributed by atoms with E-state index in [0.717, 1.165) is 12.1 Å². The fourth-order valence-electron chi connectivity index (χ4n) is 2.31. The van der Waals surface area contributed by atoms with Gasteiger partial charge in [0.15, 0.2) is 6.61 Å². The Morgan fingerprint density at radius 3 is 1.93 bits per heavy atom. The molecule has 29 heavy (non-hydrogen) atoms. The number of amides is 1. The quantitative estimate of drug-likeness (QED) is 0.574. The van der Waals surface area contributed by atoms with E-state index in [2.05, 4.69) is 10.1 Å². The summed E-state index contributed by atoms with van der Waals surface area (Å²) in [5.41, 5.74) is 0.319. The van der Waals surface area contributed by atoms with Gasteiger partial charge in [-0.3, -0.25) is 4.79 Å². The third-order valence-corrected chi connectivity index (χ3v) is 3.54. The van der Waals surface area contributed by atoms with Gasteiger partial charge in [-0.25, -0.2) is 0 Å². The molecule has 0 unspecified atom stereocenters. The number of hydrogen-bond acceptors (Lipinski definition) is 4. The molecule has 1 N–H and O–H groups in total. The molecule has 0 fully saturated rings. The van der Waals surface area contributed by atoms with Crippen molar-refractivity contribution in [3.05, 3.63) is 78.9 Å². The van der Waals surface area contributed by atoms with E-state index >= 15 is 0 Å². The molecule has 150 valence electrons. The van der Waals surface area contributed by atoms with Crippen molar-refractivity contribution in [1.29, 1.82) is 0 Å². The SMILES string of the molecule is O=C(COc1ccc(Oc2ccccc2)cc1)Nc1ccc(OC(F)(F)F)cc1. The Balaban J connectivity index is 1.46. The van der Waals surface area contributed by atoms with Crippen LogP contribution in [-0.2, 0) is 4.79 Å². The molecular formula is C21H16F3NO4. The fraction of sp³-hybridized carbons (Fsp3) is 0.0952. The van der Waals surface area contributed by atoms with Crippen molar-refractivity contribution in [1.82, 2.24) is 0 Å². The first-order chi connectivity index (χ1) is 13.9. The largest absolute Gasteiger partial charge is 0.573 e. The lowest BCUT2D eigenvalue weighted by Gasteiger charge is -2.11. The van der Waals surface area contributed by atoms with Crippen LogP contribution in [0, 0.1) is 0 Å². The van der Waals surface area contributed by atoms with Gasteiger partial charge in [0, 0.05) is 5.69 Å². The lowest BCUT2D eigenvalue weighted by molar-refractivity contribution is -0.274. The summed E-state index contributed by atoms with van der Waals surface area (Å²) in [5, 5.41) is 2.52. The molecule has 0 aliphatic rings. The highest BCUT2D eigenvalue weighted by atomic mass is 19.4. The van der Waals surface area contributed by atoms with Gasteiger partial charge in [0.1, 0.15) is 23.0 Å². The van der Waals surface area contributed by atoms with E-state index in [-0.39, 0.29) is 12.4 Å². The molecule has 0 saturated heterocycles. The van der Waals surface area contributed by atoms with E-state index in [4.69, 9.17) is 9.47 Å². The Morgan fingerprint density at radius 2 is 1.31 bits per heavy atom. The molecule has 0 aliphatic carbocycles. The van der Waals surface area contributed by atoms with Crippen LogP contribution in [0.3, 0.4) is 0 Å². The van der Waals surface area contributed by atoms with Gasteiger partial charge in [0.05, 0.1) is 0 Å². The number of nitrogens with one attached hydrogen (secondary N) is 1. The Hall–Kier alpha value is -3.68. The van der Waals surface area contributed by atoms with Crippen LogP contribution in [0.2, 0.25) is 0 Å². The number of anilines is 1. The van der Waals surface area contributed by atoms with Crippen molar-refractivity contribution in [2.24, 2.45) is 0 Å². The van der Waals surface area contributed by atoms with Crippen molar-refractivity contribution in [2.75, 3.05) is 11.9 Å². The van der Waals surface area contributed by atoms with Crippen LogP contribution in [0.1, 0.15) is 0 Å². The zero-order chi connectivity index (χ0) is 20.7. The zero-order valence-corrected chi connectivity index (χ0v) is 15.0. The van der Waals surface area contributed by atoms with Crippen molar-refractivity contribution in [2.45, 2.75) is 6.36 Å². The fourth-order valence-corrected chi connectivity index (χ4v) is 2.31. The van der Waals surface area contributed by atoms with E-state index in [1.54, 1.807) is 24.3 Å². The minimum Gasteiger partial charge on any atom is -0.484 e. The Bertz CT molecular complexity index is 927. The predicted molar refractivity (Wildman–Crippen MR) is 100 cm³/mol. The van der Waals surface area contributed by atoms with Crippen LogP contribution in [0.5, 0.6) is 23.0 Å². The van der Waals surface area contributed by atoms with Gasteiger partial charge in [0.25, 0.3) is 5.91 Å².